The molecule has 2 aromatic rings. The molecular weight excluding hydrogens is 578 g/mol. The van der Waals surface area contributed by atoms with E-state index in [0.29, 0.717) is 11.1 Å². The van der Waals surface area contributed by atoms with Gasteiger partial charge in [0.25, 0.3) is 0 Å². The average Bonchev–Trinajstić information content (AvgIpc) is 2.97. The lowest BCUT2D eigenvalue weighted by molar-refractivity contribution is 0.308. The molecule has 5 rings (SSSR count). The molecule has 0 heterocycles. The van der Waals surface area contributed by atoms with Gasteiger partial charge in [0.05, 0.1) is 0 Å². The zero-order valence-corrected chi connectivity index (χ0v) is 29.2. The van der Waals surface area contributed by atoms with Crippen LogP contribution in [0.1, 0.15) is 181 Å². The van der Waals surface area contributed by atoms with Crippen LogP contribution in [0.4, 0.5) is 8.78 Å². The van der Waals surface area contributed by atoms with Gasteiger partial charge < -0.3 is 0 Å². The molecule has 284 valence electrons. The van der Waals surface area contributed by atoms with E-state index in [9.17, 15) is 8.78 Å². The quantitative estimate of drug-likeness (QED) is 0.262. The maximum Gasteiger partial charge on any atom is 0.161 e. The largest absolute Gasteiger partial charge is 0.203 e. The number of halogens is 2. The first kappa shape index (κ1) is 54.7. The molecule has 0 aromatic heterocycles. The van der Waals surface area contributed by atoms with Crippen molar-refractivity contribution in [2.24, 2.45) is 35.5 Å². The minimum atomic E-state index is -0.736. The molecule has 0 nitrogen and oxygen atoms in total. The van der Waals surface area contributed by atoms with Crippen molar-refractivity contribution in [2.75, 3.05) is 0 Å². The topological polar surface area (TPSA) is 0 Å². The van der Waals surface area contributed by atoms with Crippen LogP contribution in [-0.4, -0.2) is 0 Å². The molecule has 3 saturated carbocycles. The lowest BCUT2D eigenvalue weighted by Gasteiger charge is -2.22. The first-order valence-corrected chi connectivity index (χ1v) is 17.2. The highest BCUT2D eigenvalue weighted by molar-refractivity contribution is 5.24. The van der Waals surface area contributed by atoms with Gasteiger partial charge in [-0.3, -0.25) is 0 Å². The molecule has 3 aliphatic rings. The molecule has 0 aliphatic heterocycles. The lowest BCUT2D eigenvalue weighted by atomic mass is 9.84. The van der Waals surface area contributed by atoms with Crippen molar-refractivity contribution >= 4 is 0 Å². The highest BCUT2D eigenvalue weighted by Crippen LogP contribution is 2.28. The fourth-order valence-corrected chi connectivity index (χ4v) is 5.66. The van der Waals surface area contributed by atoms with Crippen molar-refractivity contribution in [3.05, 3.63) is 70.3 Å². The molecule has 3 fully saturated rings. The zero-order valence-electron chi connectivity index (χ0n) is 29.2. The second kappa shape index (κ2) is 30.4. The van der Waals surface area contributed by atoms with E-state index < -0.39 is 11.6 Å². The van der Waals surface area contributed by atoms with Crippen LogP contribution in [0.25, 0.3) is 0 Å². The zero-order chi connectivity index (χ0) is 31.7. The van der Waals surface area contributed by atoms with Crippen LogP contribution >= 0.6 is 0 Å². The van der Waals surface area contributed by atoms with E-state index in [1.54, 1.807) is 12.1 Å². The molecule has 3 aliphatic carbocycles. The Morgan fingerprint density at radius 2 is 0.511 bits per heavy atom. The molecule has 2 heteroatoms. The summed E-state index contributed by atoms with van der Waals surface area (Å²) in [5.74, 6) is 4.65. The first-order chi connectivity index (χ1) is 19.8. The number of hydrogen-bond donors (Lipinski definition) is 0. The molecule has 47 heavy (non-hydrogen) atoms. The number of rotatable bonds is 0. The standard InChI is InChI=1S/C8H8F2.3C8H16.C8H10.5CH4.2H2/c1-5-3-4-6(2)8(10)7(5)9;4*1-7-3-5-8(2)6-4-7;;;;;;;/h3-4H,1-2H3;3*7-8H,3-6H2,1-2H3;3-6H,1-2H3;5*1H4;2*1H. The van der Waals surface area contributed by atoms with Crippen molar-refractivity contribution in [1.29, 1.82) is 0 Å². The van der Waals surface area contributed by atoms with Gasteiger partial charge in [-0.25, -0.2) is 8.78 Å². The predicted molar refractivity (Wildman–Crippen MR) is 220 cm³/mol. The molecule has 0 unspecified atom stereocenters. The molecule has 0 atom stereocenters. The summed E-state index contributed by atoms with van der Waals surface area (Å²) in [5.41, 5.74) is 3.36. The Hall–Kier alpha value is -1.70. The van der Waals surface area contributed by atoms with E-state index in [2.05, 4.69) is 79.7 Å². The molecule has 0 bridgehead atoms. The van der Waals surface area contributed by atoms with Crippen LogP contribution in [0.3, 0.4) is 0 Å². The minimum absolute atomic E-state index is 0. The van der Waals surface area contributed by atoms with Crippen molar-refractivity contribution < 1.29 is 11.6 Å². The van der Waals surface area contributed by atoms with Crippen LogP contribution in [0.5, 0.6) is 0 Å². The fraction of sp³-hybridized carbons (Fsp3) is 0.733. The number of aryl methyl sites for hydroxylation is 4. The van der Waals surface area contributed by atoms with Gasteiger partial charge in [-0.15, -0.1) is 0 Å². The van der Waals surface area contributed by atoms with Crippen molar-refractivity contribution in [3.63, 3.8) is 0 Å². The monoisotopic (exact) mass is 669 g/mol. The van der Waals surface area contributed by atoms with Crippen LogP contribution in [-0.2, 0) is 0 Å². The number of benzene rings is 2. The van der Waals surface area contributed by atoms with E-state index in [0.717, 1.165) is 35.5 Å². The second-order valence-corrected chi connectivity index (χ2v) is 14.6. The summed E-state index contributed by atoms with van der Waals surface area (Å²) in [4.78, 5) is 0. The first-order valence-electron chi connectivity index (χ1n) is 17.2. The van der Waals surface area contributed by atoms with E-state index >= 15 is 0 Å². The summed E-state index contributed by atoms with van der Waals surface area (Å²) < 4.78 is 25.2. The Labute approximate surface area is 300 Å². The van der Waals surface area contributed by atoms with Crippen molar-refractivity contribution in [1.82, 2.24) is 0 Å². The Morgan fingerprint density at radius 3 is 0.660 bits per heavy atom. The molecular formula is C45H90F2. The molecule has 0 N–H and O–H groups in total. The normalized spacial score (nSPS) is 24.0. The van der Waals surface area contributed by atoms with Gasteiger partial charge in [0, 0.05) is 2.85 Å². The van der Waals surface area contributed by atoms with Gasteiger partial charge in [-0.2, -0.15) is 0 Å². The molecule has 0 radical (unpaired) electrons. The summed E-state index contributed by atoms with van der Waals surface area (Å²) in [7, 11) is 0. The SMILES string of the molecule is C.C.C.C.C.CC1CCC(C)CC1.CC1CCC(C)CC1.CC1CCC(C)CC1.Cc1ccc(C)c(F)c1F.Cc1ccc(C)cc1.[HH].[HH]. The third-order valence-electron chi connectivity index (χ3n) is 9.60. The lowest BCUT2D eigenvalue weighted by Crippen LogP contribution is -2.08. The molecule has 0 spiro atoms. The summed E-state index contributed by atoms with van der Waals surface area (Å²) in [6.07, 6.45) is 17.7. The van der Waals surface area contributed by atoms with Crippen LogP contribution in [0, 0.1) is 74.8 Å². The maximum atomic E-state index is 12.6. The molecule has 0 amide bonds. The van der Waals surface area contributed by atoms with Crippen LogP contribution in [0.15, 0.2) is 36.4 Å². The highest BCUT2D eigenvalue weighted by Gasteiger charge is 2.14. The van der Waals surface area contributed by atoms with E-state index in [-0.39, 0.29) is 40.0 Å². The van der Waals surface area contributed by atoms with Gasteiger partial charge in [-0.1, -0.05) is 203 Å². The average molecular weight is 669 g/mol. The van der Waals surface area contributed by atoms with E-state index in [1.165, 1.54) is 102 Å². The molecule has 2 aromatic carbocycles. The Kier molecular flexibility index (Phi) is 35.4. The number of hydrogen-bond acceptors (Lipinski definition) is 0. The van der Waals surface area contributed by atoms with E-state index in [4.69, 9.17) is 0 Å². The summed E-state index contributed by atoms with van der Waals surface area (Å²) in [5, 5.41) is 0. The predicted octanol–water partition coefficient (Wildman–Crippen LogP) is 17.1. The summed E-state index contributed by atoms with van der Waals surface area (Å²) >= 11 is 0. The van der Waals surface area contributed by atoms with Gasteiger partial charge >= 0.3 is 0 Å². The smallest absolute Gasteiger partial charge is 0.161 e. The van der Waals surface area contributed by atoms with Gasteiger partial charge in [0.2, 0.25) is 0 Å². The van der Waals surface area contributed by atoms with Gasteiger partial charge in [0.1, 0.15) is 0 Å². The Balaban J connectivity index is -0.0000000871. The minimum Gasteiger partial charge on any atom is -0.203 e. The van der Waals surface area contributed by atoms with Crippen molar-refractivity contribution in [2.45, 2.75) is 183 Å². The second-order valence-electron chi connectivity index (χ2n) is 14.6. The summed E-state index contributed by atoms with van der Waals surface area (Å²) in [6.45, 7) is 21.5. The van der Waals surface area contributed by atoms with Crippen molar-refractivity contribution in [3.8, 4) is 0 Å². The van der Waals surface area contributed by atoms with Crippen LogP contribution < -0.4 is 0 Å². The highest BCUT2D eigenvalue weighted by atomic mass is 19.2. The third kappa shape index (κ3) is 25.9. The fourth-order valence-electron chi connectivity index (χ4n) is 5.66. The van der Waals surface area contributed by atoms with E-state index in [1.807, 2.05) is 0 Å². The maximum absolute atomic E-state index is 12.6. The summed E-state index contributed by atoms with van der Waals surface area (Å²) in [6, 6.07) is 11.6. The Bertz CT molecular complexity index is 825. The third-order valence-corrected chi connectivity index (χ3v) is 9.60. The van der Waals surface area contributed by atoms with Gasteiger partial charge in [-0.05, 0) is 74.3 Å². The van der Waals surface area contributed by atoms with Crippen LogP contribution in [0.2, 0.25) is 0 Å². The molecule has 0 saturated heterocycles. The Morgan fingerprint density at radius 1 is 0.362 bits per heavy atom. The van der Waals surface area contributed by atoms with Gasteiger partial charge in [0.15, 0.2) is 11.6 Å².